The summed E-state index contributed by atoms with van der Waals surface area (Å²) in [4.78, 5) is 0. The summed E-state index contributed by atoms with van der Waals surface area (Å²) < 4.78 is 17.6. The highest BCUT2D eigenvalue weighted by Crippen LogP contribution is 2.17. The highest BCUT2D eigenvalue weighted by atomic mass is 32.2. The summed E-state index contributed by atoms with van der Waals surface area (Å²) in [5, 5.41) is 0. The molecule has 0 aliphatic carbocycles. The van der Waals surface area contributed by atoms with Crippen molar-refractivity contribution >= 4 is 10.8 Å². The Balaban J connectivity index is 1.81. The van der Waals surface area contributed by atoms with Gasteiger partial charge in [-0.3, -0.25) is 4.21 Å². The van der Waals surface area contributed by atoms with Gasteiger partial charge in [-0.25, -0.2) is 0 Å². The molecule has 3 heteroatoms. The molecule has 0 spiro atoms. The van der Waals surface area contributed by atoms with E-state index >= 15 is 0 Å². The second-order valence-corrected chi connectivity index (χ2v) is 7.72. The van der Waals surface area contributed by atoms with Crippen molar-refractivity contribution in [1.82, 2.24) is 0 Å². The molecule has 1 heterocycles. The van der Waals surface area contributed by atoms with E-state index in [0.29, 0.717) is 17.6 Å². The third-order valence-electron chi connectivity index (χ3n) is 3.76. The van der Waals surface area contributed by atoms with Gasteiger partial charge in [0.15, 0.2) is 0 Å². The van der Waals surface area contributed by atoms with Gasteiger partial charge in [0.25, 0.3) is 0 Å². The average molecular weight is 294 g/mol. The zero-order valence-electron chi connectivity index (χ0n) is 12.6. The Bertz CT molecular complexity index is 419. The van der Waals surface area contributed by atoms with Crippen LogP contribution in [0.4, 0.5) is 0 Å². The van der Waals surface area contributed by atoms with Gasteiger partial charge in [0.2, 0.25) is 0 Å². The lowest BCUT2D eigenvalue weighted by Crippen LogP contribution is -2.21. The maximum Gasteiger partial charge on any atom is 0.0485 e. The topological polar surface area (TPSA) is 26.3 Å². The Morgan fingerprint density at radius 2 is 1.75 bits per heavy atom. The van der Waals surface area contributed by atoms with E-state index in [9.17, 15) is 4.21 Å². The van der Waals surface area contributed by atoms with Crippen LogP contribution in [0.3, 0.4) is 0 Å². The van der Waals surface area contributed by atoms with Gasteiger partial charge in [0.1, 0.15) is 0 Å². The number of rotatable bonds is 6. The van der Waals surface area contributed by atoms with Crippen LogP contribution in [0.2, 0.25) is 0 Å². The van der Waals surface area contributed by atoms with Crippen LogP contribution in [0.5, 0.6) is 0 Å². The molecule has 1 aliphatic heterocycles. The van der Waals surface area contributed by atoms with E-state index in [2.05, 4.69) is 38.1 Å². The van der Waals surface area contributed by atoms with E-state index in [-0.39, 0.29) is 0 Å². The smallest absolute Gasteiger partial charge is 0.0485 e. The fourth-order valence-electron chi connectivity index (χ4n) is 2.66. The van der Waals surface area contributed by atoms with Gasteiger partial charge in [0, 0.05) is 35.5 Å². The van der Waals surface area contributed by atoms with Crippen molar-refractivity contribution in [2.75, 3.05) is 19.0 Å². The maximum atomic E-state index is 12.2. The van der Waals surface area contributed by atoms with Crippen molar-refractivity contribution in [1.29, 1.82) is 0 Å². The molecule has 1 aromatic carbocycles. The van der Waals surface area contributed by atoms with Crippen molar-refractivity contribution in [3.8, 4) is 0 Å². The summed E-state index contributed by atoms with van der Waals surface area (Å²) in [5.41, 5.74) is 2.57. The predicted molar refractivity (Wildman–Crippen MR) is 85.2 cm³/mol. The molecule has 20 heavy (non-hydrogen) atoms. The van der Waals surface area contributed by atoms with E-state index < -0.39 is 10.8 Å². The van der Waals surface area contributed by atoms with Gasteiger partial charge in [-0.15, -0.1) is 0 Å². The molecule has 2 nitrogen and oxygen atoms in total. The fourth-order valence-corrected chi connectivity index (χ4v) is 4.20. The Kier molecular flexibility index (Phi) is 6.24. The Morgan fingerprint density at radius 1 is 1.15 bits per heavy atom. The zero-order chi connectivity index (χ0) is 14.4. The van der Waals surface area contributed by atoms with Crippen LogP contribution in [-0.2, 0) is 27.7 Å². The standard InChI is InChI=1S/C17H26O2S/c1-14(2)11-15-3-5-16(6-4-15)12-20(18)13-17-7-9-19-10-8-17/h3-6,14,17H,7-13H2,1-2H3/t20-/m1/s1. The molecule has 2 rings (SSSR count). The number of benzene rings is 1. The molecule has 0 N–H and O–H groups in total. The first-order valence-electron chi connectivity index (χ1n) is 7.64. The SMILES string of the molecule is CC(C)Cc1ccc(C[S@@](=O)CC2CCOCC2)cc1. The van der Waals surface area contributed by atoms with Gasteiger partial charge in [0.05, 0.1) is 0 Å². The van der Waals surface area contributed by atoms with Gasteiger partial charge in [-0.1, -0.05) is 38.1 Å². The molecule has 0 radical (unpaired) electrons. The van der Waals surface area contributed by atoms with E-state index in [4.69, 9.17) is 4.74 Å². The van der Waals surface area contributed by atoms with Crippen LogP contribution < -0.4 is 0 Å². The summed E-state index contributed by atoms with van der Waals surface area (Å²) in [7, 11) is -0.741. The van der Waals surface area contributed by atoms with Gasteiger partial charge >= 0.3 is 0 Å². The van der Waals surface area contributed by atoms with Crippen molar-refractivity contribution in [3.05, 3.63) is 35.4 Å². The molecule has 1 atom stereocenters. The average Bonchev–Trinajstić information content (AvgIpc) is 2.41. The molecule has 0 bridgehead atoms. The normalized spacial score (nSPS) is 18.4. The molecule has 1 saturated heterocycles. The van der Waals surface area contributed by atoms with Gasteiger partial charge < -0.3 is 4.74 Å². The second kappa shape index (κ2) is 7.94. The summed E-state index contributed by atoms with van der Waals surface area (Å²) in [6.45, 7) is 6.14. The predicted octanol–water partition coefficient (Wildman–Crippen LogP) is 3.56. The van der Waals surface area contributed by atoms with E-state index in [1.54, 1.807) is 0 Å². The molecule has 1 aromatic rings. The summed E-state index contributed by atoms with van der Waals surface area (Å²) >= 11 is 0. The first kappa shape index (κ1) is 15.7. The minimum absolute atomic E-state index is 0.588. The van der Waals surface area contributed by atoms with Crippen molar-refractivity contribution in [3.63, 3.8) is 0 Å². The van der Waals surface area contributed by atoms with Crippen LogP contribution in [0.15, 0.2) is 24.3 Å². The lowest BCUT2D eigenvalue weighted by molar-refractivity contribution is 0.0725. The molecule has 1 fully saturated rings. The van der Waals surface area contributed by atoms with Crippen molar-refractivity contribution in [2.24, 2.45) is 11.8 Å². The molecular formula is C17H26O2S. The molecule has 112 valence electrons. The number of ether oxygens (including phenoxy) is 1. The Morgan fingerprint density at radius 3 is 2.35 bits per heavy atom. The van der Waals surface area contributed by atoms with Crippen LogP contribution in [-0.4, -0.2) is 23.2 Å². The largest absolute Gasteiger partial charge is 0.381 e. The van der Waals surface area contributed by atoms with Gasteiger partial charge in [-0.2, -0.15) is 0 Å². The van der Waals surface area contributed by atoms with Crippen molar-refractivity contribution < 1.29 is 8.95 Å². The Hall–Kier alpha value is -0.670. The lowest BCUT2D eigenvalue weighted by atomic mass is 10.0. The molecule has 0 unspecified atom stereocenters. The molecular weight excluding hydrogens is 268 g/mol. The number of hydrogen-bond donors (Lipinski definition) is 0. The van der Waals surface area contributed by atoms with Crippen LogP contribution in [0.1, 0.15) is 37.8 Å². The quantitative estimate of drug-likeness (QED) is 0.802. The highest BCUT2D eigenvalue weighted by molar-refractivity contribution is 7.84. The zero-order valence-corrected chi connectivity index (χ0v) is 13.5. The van der Waals surface area contributed by atoms with E-state index in [1.807, 2.05) is 0 Å². The minimum Gasteiger partial charge on any atom is -0.381 e. The maximum absolute atomic E-state index is 12.2. The minimum atomic E-state index is -0.741. The van der Waals surface area contributed by atoms with Crippen LogP contribution >= 0.6 is 0 Å². The molecule has 1 aliphatic rings. The monoisotopic (exact) mass is 294 g/mol. The molecule has 0 aromatic heterocycles. The highest BCUT2D eigenvalue weighted by Gasteiger charge is 2.16. The lowest BCUT2D eigenvalue weighted by Gasteiger charge is -2.21. The summed E-state index contributed by atoms with van der Waals surface area (Å²) in [6, 6.07) is 8.64. The summed E-state index contributed by atoms with van der Waals surface area (Å²) in [6.07, 6.45) is 3.25. The first-order chi connectivity index (χ1) is 9.63. The molecule has 0 amide bonds. The third kappa shape index (κ3) is 5.37. The third-order valence-corrected chi connectivity index (χ3v) is 5.26. The summed E-state index contributed by atoms with van der Waals surface area (Å²) in [5.74, 6) is 2.80. The van der Waals surface area contributed by atoms with Crippen LogP contribution in [0.25, 0.3) is 0 Å². The molecule has 0 saturated carbocycles. The first-order valence-corrected chi connectivity index (χ1v) is 9.13. The van der Waals surface area contributed by atoms with Gasteiger partial charge in [-0.05, 0) is 42.2 Å². The van der Waals surface area contributed by atoms with E-state index in [1.165, 1.54) is 11.1 Å². The number of hydrogen-bond acceptors (Lipinski definition) is 2. The second-order valence-electron chi connectivity index (χ2n) is 6.22. The fraction of sp³-hybridized carbons (Fsp3) is 0.647. The van der Waals surface area contributed by atoms with E-state index in [0.717, 1.165) is 38.2 Å². The van der Waals surface area contributed by atoms with Crippen molar-refractivity contribution in [2.45, 2.75) is 38.9 Å². The van der Waals surface area contributed by atoms with Crippen LogP contribution in [0, 0.1) is 11.8 Å². The Labute approximate surface area is 125 Å².